The van der Waals surface area contributed by atoms with Crippen LogP contribution in [0.3, 0.4) is 0 Å². The van der Waals surface area contributed by atoms with Crippen LogP contribution in [-0.4, -0.2) is 19.9 Å². The zero-order valence-electron chi connectivity index (χ0n) is 12.9. The van der Waals surface area contributed by atoms with Crippen LogP contribution >= 0.6 is 23.2 Å². The van der Waals surface area contributed by atoms with Crippen LogP contribution in [0.1, 0.15) is 28.8 Å². The van der Waals surface area contributed by atoms with Crippen molar-refractivity contribution in [3.63, 3.8) is 0 Å². The third-order valence-electron chi connectivity index (χ3n) is 3.84. The average molecular weight is 363 g/mol. The molecule has 1 aromatic heterocycles. The highest BCUT2D eigenvalue weighted by Crippen LogP contribution is 2.32. The maximum absolute atomic E-state index is 9.54. The van der Waals surface area contributed by atoms with Crippen molar-refractivity contribution in [3.8, 4) is 5.69 Å². The minimum atomic E-state index is -0.459. The van der Waals surface area contributed by atoms with Crippen LogP contribution in [0, 0.1) is 6.92 Å². The van der Waals surface area contributed by atoms with Gasteiger partial charge in [0.15, 0.2) is 5.82 Å². The highest BCUT2D eigenvalue weighted by molar-refractivity contribution is 6.31. The minimum absolute atomic E-state index is 0.242. The van der Waals surface area contributed by atoms with Crippen LogP contribution in [0.15, 0.2) is 42.5 Å². The molecule has 0 aliphatic heterocycles. The number of halogens is 2. The molecule has 7 heteroatoms. The van der Waals surface area contributed by atoms with Crippen LogP contribution in [0.5, 0.6) is 0 Å². The fourth-order valence-corrected chi connectivity index (χ4v) is 3.11. The number of hydrogen-bond acceptors (Lipinski definition) is 4. The van der Waals surface area contributed by atoms with Gasteiger partial charge >= 0.3 is 0 Å². The van der Waals surface area contributed by atoms with E-state index in [2.05, 4.69) is 10.2 Å². The summed E-state index contributed by atoms with van der Waals surface area (Å²) < 4.78 is 1.75. The van der Waals surface area contributed by atoms with Gasteiger partial charge in [0.1, 0.15) is 12.4 Å². The van der Waals surface area contributed by atoms with E-state index in [0.717, 1.165) is 16.8 Å². The Labute approximate surface area is 149 Å². The summed E-state index contributed by atoms with van der Waals surface area (Å²) in [7, 11) is 0. The molecular formula is C17H16Cl2N4O. The molecule has 124 valence electrons. The molecule has 0 amide bonds. The molecule has 0 fully saturated rings. The molecule has 0 aliphatic carbocycles. The topological polar surface area (TPSA) is 77.0 Å². The molecule has 3 aromatic rings. The van der Waals surface area contributed by atoms with Crippen molar-refractivity contribution in [3.05, 3.63) is 75.3 Å². The Kier molecular flexibility index (Phi) is 4.87. The molecule has 24 heavy (non-hydrogen) atoms. The quantitative estimate of drug-likeness (QED) is 0.745. The maximum atomic E-state index is 9.54. The molecule has 0 saturated heterocycles. The molecule has 3 rings (SSSR count). The number of nitrogens with zero attached hydrogens (tertiary/aromatic N) is 3. The Morgan fingerprint density at radius 3 is 2.58 bits per heavy atom. The van der Waals surface area contributed by atoms with Crippen LogP contribution in [-0.2, 0) is 6.61 Å². The lowest BCUT2D eigenvalue weighted by Crippen LogP contribution is -2.16. The number of aliphatic hydroxyl groups is 1. The molecule has 3 N–H and O–H groups in total. The molecular weight excluding hydrogens is 347 g/mol. The SMILES string of the molecule is Cc1nnc(CO)n1-c1cc(Cl)ccc1C(N)c1ccccc1Cl. The first-order valence-electron chi connectivity index (χ1n) is 7.34. The van der Waals surface area contributed by atoms with Gasteiger partial charge in [-0.3, -0.25) is 4.57 Å². The van der Waals surface area contributed by atoms with Gasteiger partial charge in [0.2, 0.25) is 0 Å². The van der Waals surface area contributed by atoms with Gasteiger partial charge in [-0.05, 0) is 36.2 Å². The average Bonchev–Trinajstić information content (AvgIpc) is 2.95. The largest absolute Gasteiger partial charge is 0.388 e. The normalized spacial score (nSPS) is 12.4. The lowest BCUT2D eigenvalue weighted by Gasteiger charge is -2.20. The highest BCUT2D eigenvalue weighted by atomic mass is 35.5. The van der Waals surface area contributed by atoms with Crippen molar-refractivity contribution in [2.75, 3.05) is 0 Å². The fourth-order valence-electron chi connectivity index (χ4n) is 2.69. The zero-order chi connectivity index (χ0) is 17.3. The second-order valence-electron chi connectivity index (χ2n) is 5.36. The van der Waals surface area contributed by atoms with E-state index in [9.17, 15) is 5.11 Å². The summed E-state index contributed by atoms with van der Waals surface area (Å²) in [6.45, 7) is 1.56. The minimum Gasteiger partial charge on any atom is -0.388 e. The van der Waals surface area contributed by atoms with Gasteiger partial charge < -0.3 is 10.8 Å². The smallest absolute Gasteiger partial charge is 0.163 e. The Hall–Kier alpha value is -1.92. The maximum Gasteiger partial charge on any atom is 0.163 e. The van der Waals surface area contributed by atoms with E-state index >= 15 is 0 Å². The van der Waals surface area contributed by atoms with Gasteiger partial charge in [0.25, 0.3) is 0 Å². The van der Waals surface area contributed by atoms with Crippen molar-refractivity contribution in [2.45, 2.75) is 19.6 Å². The molecule has 1 heterocycles. The van der Waals surface area contributed by atoms with Gasteiger partial charge in [-0.25, -0.2) is 0 Å². The molecule has 0 radical (unpaired) electrons. The first-order valence-corrected chi connectivity index (χ1v) is 8.10. The zero-order valence-corrected chi connectivity index (χ0v) is 14.5. The lowest BCUT2D eigenvalue weighted by molar-refractivity contribution is 0.268. The number of benzene rings is 2. The first-order chi connectivity index (χ1) is 11.5. The monoisotopic (exact) mass is 362 g/mol. The van der Waals surface area contributed by atoms with Crippen LogP contribution in [0.2, 0.25) is 10.0 Å². The van der Waals surface area contributed by atoms with Gasteiger partial charge in [0.05, 0.1) is 11.7 Å². The number of nitrogens with two attached hydrogens (primary N) is 1. The summed E-state index contributed by atoms with van der Waals surface area (Å²) >= 11 is 12.5. The summed E-state index contributed by atoms with van der Waals surface area (Å²) in [6, 6.07) is 12.4. The van der Waals surface area contributed by atoms with E-state index in [1.165, 1.54) is 0 Å². The molecule has 0 aliphatic rings. The van der Waals surface area contributed by atoms with Crippen molar-refractivity contribution in [2.24, 2.45) is 5.73 Å². The van der Waals surface area contributed by atoms with E-state index in [0.29, 0.717) is 21.7 Å². The summed E-state index contributed by atoms with van der Waals surface area (Å²) in [5.74, 6) is 1.05. The van der Waals surface area contributed by atoms with Crippen LogP contribution in [0.4, 0.5) is 0 Å². The first kappa shape index (κ1) is 16.9. The van der Waals surface area contributed by atoms with Crippen molar-refractivity contribution < 1.29 is 5.11 Å². The van der Waals surface area contributed by atoms with E-state index in [4.69, 9.17) is 28.9 Å². The standard InChI is InChI=1S/C17H16Cl2N4O/c1-10-21-22-16(9-24)23(10)15-8-11(18)6-7-13(15)17(20)12-4-2-3-5-14(12)19/h2-8,17,24H,9,20H2,1H3. The Balaban J connectivity index is 2.20. The van der Waals surface area contributed by atoms with Gasteiger partial charge in [-0.1, -0.05) is 47.5 Å². The molecule has 1 atom stereocenters. The molecule has 0 bridgehead atoms. The van der Waals surface area contributed by atoms with Crippen molar-refractivity contribution >= 4 is 23.2 Å². The number of aryl methyl sites for hydroxylation is 1. The fraction of sp³-hybridized carbons (Fsp3) is 0.176. The summed E-state index contributed by atoms with van der Waals surface area (Å²) in [5.41, 5.74) is 8.81. The van der Waals surface area contributed by atoms with Gasteiger partial charge in [-0.15, -0.1) is 10.2 Å². The summed E-state index contributed by atoms with van der Waals surface area (Å²) in [6.07, 6.45) is 0. The highest BCUT2D eigenvalue weighted by Gasteiger charge is 2.20. The molecule has 0 spiro atoms. The number of rotatable bonds is 4. The summed E-state index contributed by atoms with van der Waals surface area (Å²) in [5, 5.41) is 18.7. The predicted octanol–water partition coefficient (Wildman–Crippen LogP) is 3.42. The van der Waals surface area contributed by atoms with E-state index in [1.54, 1.807) is 29.7 Å². The second-order valence-corrected chi connectivity index (χ2v) is 6.20. The number of aromatic nitrogens is 3. The second kappa shape index (κ2) is 6.91. The Bertz CT molecular complexity index is 879. The van der Waals surface area contributed by atoms with Gasteiger partial charge in [0, 0.05) is 10.0 Å². The lowest BCUT2D eigenvalue weighted by atomic mass is 9.97. The van der Waals surface area contributed by atoms with E-state index in [-0.39, 0.29) is 6.61 Å². The predicted molar refractivity (Wildman–Crippen MR) is 94.5 cm³/mol. The molecule has 2 aromatic carbocycles. The molecule has 5 nitrogen and oxygen atoms in total. The Morgan fingerprint density at radius 2 is 1.88 bits per heavy atom. The van der Waals surface area contributed by atoms with Crippen molar-refractivity contribution in [1.29, 1.82) is 0 Å². The van der Waals surface area contributed by atoms with E-state index < -0.39 is 6.04 Å². The molecule has 1 unspecified atom stereocenters. The number of aliphatic hydroxyl groups excluding tert-OH is 1. The third kappa shape index (κ3) is 3.03. The van der Waals surface area contributed by atoms with E-state index in [1.807, 2.05) is 24.3 Å². The van der Waals surface area contributed by atoms with Crippen LogP contribution < -0.4 is 5.73 Å². The van der Waals surface area contributed by atoms with Gasteiger partial charge in [-0.2, -0.15) is 0 Å². The molecule has 0 saturated carbocycles. The Morgan fingerprint density at radius 1 is 1.12 bits per heavy atom. The summed E-state index contributed by atoms with van der Waals surface area (Å²) in [4.78, 5) is 0. The van der Waals surface area contributed by atoms with Crippen LogP contribution in [0.25, 0.3) is 5.69 Å². The van der Waals surface area contributed by atoms with Crippen molar-refractivity contribution in [1.82, 2.24) is 14.8 Å². The third-order valence-corrected chi connectivity index (χ3v) is 4.42. The number of hydrogen-bond donors (Lipinski definition) is 2.